The van der Waals surface area contributed by atoms with Crippen molar-refractivity contribution in [2.24, 2.45) is 14.1 Å². The normalized spacial score (nSPS) is 15.5. The van der Waals surface area contributed by atoms with E-state index in [0.717, 1.165) is 26.9 Å². The van der Waals surface area contributed by atoms with Crippen LogP contribution in [0.3, 0.4) is 0 Å². The van der Waals surface area contributed by atoms with Crippen LogP contribution in [0.15, 0.2) is 81.2 Å². The molecule has 2 aliphatic heterocycles. The Morgan fingerprint density at radius 2 is 1.65 bits per heavy atom. The van der Waals surface area contributed by atoms with Crippen molar-refractivity contribution in [1.29, 1.82) is 0 Å². The van der Waals surface area contributed by atoms with Crippen molar-refractivity contribution in [2.75, 3.05) is 44.7 Å². The minimum absolute atomic E-state index is 0.0207. The van der Waals surface area contributed by atoms with Crippen molar-refractivity contribution in [3.05, 3.63) is 114 Å². The molecule has 0 radical (unpaired) electrons. The van der Waals surface area contributed by atoms with Crippen LogP contribution in [-0.4, -0.2) is 85.4 Å². The maximum atomic E-state index is 13.4. The molecule has 2 aliphatic rings. The monoisotopic (exact) mass is 789 g/mol. The fraction of sp³-hybridized carbons (Fsp3) is 0.243. The standard InChI is InChI=1S/C37H33Cl2N7O7S/c1-41-32-31(34(49)42(2)36(41)50)45(20-23-10-11-24(38)19-26(23)39)35(40-32)53-27-12-9-22(17-28(27)52-3)18-29-33(48)46(37(51)54-29)21-30(47)44-15-13-43(14-16-44)25-7-5-4-6-8-25/h4-12,17-19H,13-16,20-21H2,1-3H3. The van der Waals surface area contributed by atoms with Gasteiger partial charge in [0, 0.05) is 56.0 Å². The molecule has 14 nitrogen and oxygen atoms in total. The molecule has 0 unspecified atom stereocenters. The van der Waals surface area contributed by atoms with E-state index in [1.54, 1.807) is 41.3 Å². The van der Waals surface area contributed by atoms with Crippen LogP contribution in [0.5, 0.6) is 17.5 Å². The number of aryl methyl sites for hydroxylation is 1. The molecule has 4 heterocycles. The molecule has 278 valence electrons. The number of benzene rings is 3. The lowest BCUT2D eigenvalue weighted by molar-refractivity contribution is -0.136. The molecule has 3 amide bonds. The zero-order valence-corrected chi connectivity index (χ0v) is 31.7. The molecule has 5 aromatic rings. The summed E-state index contributed by atoms with van der Waals surface area (Å²) in [5.41, 5.74) is 1.28. The van der Waals surface area contributed by atoms with Gasteiger partial charge < -0.3 is 19.3 Å². The van der Waals surface area contributed by atoms with Gasteiger partial charge in [0.1, 0.15) is 6.54 Å². The van der Waals surface area contributed by atoms with E-state index in [4.69, 9.17) is 32.7 Å². The number of imidazole rings is 1. The molecule has 3 aromatic carbocycles. The van der Waals surface area contributed by atoms with Gasteiger partial charge in [-0.25, -0.2) is 4.79 Å². The van der Waals surface area contributed by atoms with E-state index < -0.39 is 22.4 Å². The maximum absolute atomic E-state index is 13.4. The Hall–Kier alpha value is -5.51. The van der Waals surface area contributed by atoms with Gasteiger partial charge >= 0.3 is 11.7 Å². The molecule has 2 saturated heterocycles. The van der Waals surface area contributed by atoms with Crippen molar-refractivity contribution >= 4 is 74.9 Å². The molecule has 0 saturated carbocycles. The average Bonchev–Trinajstić information content (AvgIpc) is 3.66. The summed E-state index contributed by atoms with van der Waals surface area (Å²) in [7, 11) is 4.31. The number of hydrogen-bond acceptors (Lipinski definition) is 10. The van der Waals surface area contributed by atoms with Gasteiger partial charge in [-0.15, -0.1) is 0 Å². The van der Waals surface area contributed by atoms with Gasteiger partial charge in [-0.3, -0.25) is 37.8 Å². The Balaban J connectivity index is 1.11. The molecule has 0 aliphatic carbocycles. The lowest BCUT2D eigenvalue weighted by Crippen LogP contribution is -2.51. The molecule has 0 spiro atoms. The predicted molar refractivity (Wildman–Crippen MR) is 207 cm³/mol. The second kappa shape index (κ2) is 15.1. The number of nitrogens with zero attached hydrogens (tertiary/aromatic N) is 7. The van der Waals surface area contributed by atoms with Gasteiger partial charge in [-0.2, -0.15) is 4.98 Å². The number of carbonyl (C=O) groups is 3. The molecule has 0 atom stereocenters. The van der Waals surface area contributed by atoms with E-state index in [1.807, 2.05) is 30.3 Å². The molecule has 2 aromatic heterocycles. The summed E-state index contributed by atoms with van der Waals surface area (Å²) >= 11 is 13.4. The molecular weight excluding hydrogens is 757 g/mol. The van der Waals surface area contributed by atoms with E-state index in [0.29, 0.717) is 47.4 Å². The zero-order chi connectivity index (χ0) is 38.3. The van der Waals surface area contributed by atoms with Crippen LogP contribution < -0.4 is 25.6 Å². The molecule has 0 N–H and O–H groups in total. The second-order valence-corrected chi connectivity index (χ2v) is 14.4. The van der Waals surface area contributed by atoms with Crippen molar-refractivity contribution < 1.29 is 23.9 Å². The van der Waals surface area contributed by atoms with Gasteiger partial charge in [0.05, 0.1) is 18.6 Å². The number of halogens is 2. The first-order chi connectivity index (χ1) is 25.9. The van der Waals surface area contributed by atoms with Crippen molar-refractivity contribution in [2.45, 2.75) is 6.54 Å². The van der Waals surface area contributed by atoms with Gasteiger partial charge in [-0.1, -0.05) is 53.5 Å². The van der Waals surface area contributed by atoms with E-state index in [9.17, 15) is 24.0 Å². The lowest BCUT2D eigenvalue weighted by atomic mass is 10.2. The third-order valence-electron chi connectivity index (χ3n) is 9.26. The van der Waals surface area contributed by atoms with Gasteiger partial charge in [-0.05, 0) is 65.4 Å². The van der Waals surface area contributed by atoms with Crippen LogP contribution in [0.4, 0.5) is 10.5 Å². The number of imide groups is 1. The maximum Gasteiger partial charge on any atom is 0.332 e. The number of piperazine rings is 1. The van der Waals surface area contributed by atoms with Crippen LogP contribution in [0.2, 0.25) is 10.0 Å². The topological polar surface area (TPSA) is 141 Å². The van der Waals surface area contributed by atoms with Crippen molar-refractivity contribution in [1.82, 2.24) is 28.5 Å². The van der Waals surface area contributed by atoms with E-state index in [2.05, 4.69) is 9.88 Å². The third kappa shape index (κ3) is 7.09. The van der Waals surface area contributed by atoms with Crippen LogP contribution in [0, 0.1) is 0 Å². The Bertz CT molecular complexity index is 2470. The van der Waals surface area contributed by atoms with Crippen LogP contribution in [-0.2, 0) is 30.2 Å². The highest BCUT2D eigenvalue weighted by atomic mass is 35.5. The molecule has 2 fully saturated rings. The summed E-state index contributed by atoms with van der Waals surface area (Å²) < 4.78 is 15.6. The predicted octanol–water partition coefficient (Wildman–Crippen LogP) is 4.97. The highest BCUT2D eigenvalue weighted by Gasteiger charge is 2.37. The highest BCUT2D eigenvalue weighted by molar-refractivity contribution is 8.18. The number of methoxy groups -OCH3 is 1. The Morgan fingerprint density at radius 3 is 2.35 bits per heavy atom. The number of fused-ring (bicyclic) bond motifs is 1. The Kier molecular flexibility index (Phi) is 10.3. The number of amides is 3. The van der Waals surface area contributed by atoms with Gasteiger partial charge in [0.15, 0.2) is 22.7 Å². The van der Waals surface area contributed by atoms with E-state index >= 15 is 0 Å². The summed E-state index contributed by atoms with van der Waals surface area (Å²) in [5.74, 6) is -0.405. The summed E-state index contributed by atoms with van der Waals surface area (Å²) in [4.78, 5) is 75.1. The van der Waals surface area contributed by atoms with Crippen LogP contribution in [0.25, 0.3) is 17.2 Å². The molecular formula is C37H33Cl2N7O7S. The molecule has 0 bridgehead atoms. The smallest absolute Gasteiger partial charge is 0.332 e. The van der Waals surface area contributed by atoms with Crippen molar-refractivity contribution in [3.63, 3.8) is 0 Å². The zero-order valence-electron chi connectivity index (χ0n) is 29.3. The number of carbonyl (C=O) groups excluding carboxylic acids is 3. The van der Waals surface area contributed by atoms with E-state index in [1.165, 1.54) is 36.4 Å². The summed E-state index contributed by atoms with van der Waals surface area (Å²) in [6.45, 7) is 1.96. The minimum atomic E-state index is -0.580. The summed E-state index contributed by atoms with van der Waals surface area (Å²) in [5, 5.41) is 0.259. The average molecular weight is 791 g/mol. The molecule has 54 heavy (non-hydrogen) atoms. The summed E-state index contributed by atoms with van der Waals surface area (Å²) in [6, 6.07) is 19.7. The fourth-order valence-corrected chi connectivity index (χ4v) is 7.61. The Morgan fingerprint density at radius 1 is 0.907 bits per heavy atom. The first-order valence-corrected chi connectivity index (χ1v) is 18.3. The third-order valence-corrected chi connectivity index (χ3v) is 10.8. The highest BCUT2D eigenvalue weighted by Crippen LogP contribution is 2.37. The number of hydrogen-bond donors (Lipinski definition) is 0. The number of ether oxygens (including phenoxy) is 2. The number of thioether (sulfide) groups is 1. The van der Waals surface area contributed by atoms with Crippen LogP contribution >= 0.6 is 35.0 Å². The SMILES string of the molecule is COc1cc(C=C2SC(=O)N(CC(=O)N3CCN(c4ccccc4)CC3)C2=O)ccc1Oc1nc2c(c(=O)n(C)c(=O)n2C)n1Cc1ccc(Cl)cc1Cl. The fourth-order valence-electron chi connectivity index (χ4n) is 6.30. The quantitative estimate of drug-likeness (QED) is 0.188. The van der Waals surface area contributed by atoms with Crippen LogP contribution in [0.1, 0.15) is 11.1 Å². The molecule has 7 rings (SSSR count). The van der Waals surface area contributed by atoms with E-state index in [-0.39, 0.29) is 52.6 Å². The number of rotatable bonds is 9. The molecule has 17 heteroatoms. The lowest BCUT2D eigenvalue weighted by Gasteiger charge is -2.36. The number of aromatic nitrogens is 4. The first-order valence-electron chi connectivity index (χ1n) is 16.7. The van der Waals surface area contributed by atoms with Gasteiger partial charge in [0.2, 0.25) is 5.91 Å². The number of anilines is 1. The number of para-hydroxylation sites is 1. The van der Waals surface area contributed by atoms with Crippen molar-refractivity contribution in [3.8, 4) is 17.5 Å². The van der Waals surface area contributed by atoms with Gasteiger partial charge in [0.25, 0.3) is 16.7 Å². The first kappa shape index (κ1) is 36.8. The summed E-state index contributed by atoms with van der Waals surface area (Å²) in [6.07, 6.45) is 1.54. The Labute approximate surface area is 322 Å². The minimum Gasteiger partial charge on any atom is -0.493 e. The largest absolute Gasteiger partial charge is 0.493 e. The second-order valence-electron chi connectivity index (χ2n) is 12.6.